The summed E-state index contributed by atoms with van der Waals surface area (Å²) < 4.78 is 0. The van der Waals surface area contributed by atoms with E-state index >= 15 is 0 Å². The van der Waals surface area contributed by atoms with Gasteiger partial charge in [0.2, 0.25) is 0 Å². The third kappa shape index (κ3) is 2.66. The van der Waals surface area contributed by atoms with Gasteiger partial charge in [-0.15, -0.1) is 11.8 Å². The van der Waals surface area contributed by atoms with Crippen molar-refractivity contribution in [2.24, 2.45) is 0 Å². The van der Waals surface area contributed by atoms with E-state index in [-0.39, 0.29) is 0 Å². The molecule has 0 amide bonds. The van der Waals surface area contributed by atoms with E-state index in [9.17, 15) is 0 Å². The minimum atomic E-state index is 0.764. The van der Waals surface area contributed by atoms with E-state index in [4.69, 9.17) is 11.6 Å². The summed E-state index contributed by atoms with van der Waals surface area (Å²) >= 11 is 7.69. The van der Waals surface area contributed by atoms with E-state index in [0.29, 0.717) is 0 Å². The Hall–Kier alpha value is -0.180. The van der Waals surface area contributed by atoms with Crippen molar-refractivity contribution in [2.75, 3.05) is 6.26 Å². The molecule has 2 rings (SSSR count). The van der Waals surface area contributed by atoms with Gasteiger partial charge < -0.3 is 5.32 Å². The van der Waals surface area contributed by atoms with Gasteiger partial charge in [0.15, 0.2) is 0 Å². The highest BCUT2D eigenvalue weighted by Gasteiger charge is 2.20. The molecule has 14 heavy (non-hydrogen) atoms. The zero-order valence-electron chi connectivity index (χ0n) is 8.22. The van der Waals surface area contributed by atoms with Crippen molar-refractivity contribution in [2.45, 2.75) is 30.3 Å². The van der Waals surface area contributed by atoms with Crippen LogP contribution in [-0.4, -0.2) is 12.3 Å². The first-order chi connectivity index (χ1) is 6.79. The number of nitrogens with one attached hydrogen (secondary N) is 1. The minimum Gasteiger partial charge on any atom is -0.310 e. The van der Waals surface area contributed by atoms with E-state index in [1.807, 2.05) is 12.1 Å². The first kappa shape index (κ1) is 10.3. The standard InChI is InChI=1S/C11H14ClNS/c1-14-11-6-9(12)3-2-8(11)7-13-10-4-5-10/h2-3,6,10,13H,4-5,7H2,1H3. The number of halogens is 1. The number of hydrogen-bond acceptors (Lipinski definition) is 2. The average molecular weight is 228 g/mol. The molecule has 1 nitrogen and oxygen atoms in total. The maximum absolute atomic E-state index is 5.94. The molecule has 3 heteroatoms. The van der Waals surface area contributed by atoms with E-state index in [1.54, 1.807) is 11.8 Å². The highest BCUT2D eigenvalue weighted by molar-refractivity contribution is 7.98. The Morgan fingerprint density at radius 3 is 2.93 bits per heavy atom. The molecule has 0 aromatic heterocycles. The Bertz CT molecular complexity index is 323. The summed E-state index contributed by atoms with van der Waals surface area (Å²) in [4.78, 5) is 1.28. The lowest BCUT2D eigenvalue weighted by atomic mass is 10.2. The molecule has 1 N–H and O–H groups in total. The fourth-order valence-corrected chi connectivity index (χ4v) is 2.29. The lowest BCUT2D eigenvalue weighted by Crippen LogP contribution is -2.15. The van der Waals surface area contributed by atoms with Crippen molar-refractivity contribution in [3.63, 3.8) is 0 Å². The Morgan fingerprint density at radius 1 is 1.50 bits per heavy atom. The molecule has 0 atom stereocenters. The molecule has 1 fully saturated rings. The number of thioether (sulfide) groups is 1. The van der Waals surface area contributed by atoms with Gasteiger partial charge >= 0.3 is 0 Å². The van der Waals surface area contributed by atoms with Crippen LogP contribution in [-0.2, 0) is 6.54 Å². The van der Waals surface area contributed by atoms with Gasteiger partial charge in [-0.2, -0.15) is 0 Å². The van der Waals surface area contributed by atoms with Gasteiger partial charge in [0, 0.05) is 22.5 Å². The molecular formula is C11H14ClNS. The largest absolute Gasteiger partial charge is 0.310 e. The fraction of sp³-hybridized carbons (Fsp3) is 0.455. The van der Waals surface area contributed by atoms with E-state index < -0.39 is 0 Å². The molecule has 0 aliphatic heterocycles. The summed E-state index contributed by atoms with van der Waals surface area (Å²) in [5.41, 5.74) is 1.36. The molecule has 0 saturated heterocycles. The molecule has 0 spiro atoms. The molecule has 0 radical (unpaired) electrons. The molecule has 76 valence electrons. The first-order valence-corrected chi connectivity index (χ1v) is 6.45. The summed E-state index contributed by atoms with van der Waals surface area (Å²) in [5.74, 6) is 0. The highest BCUT2D eigenvalue weighted by atomic mass is 35.5. The van der Waals surface area contributed by atoms with E-state index in [0.717, 1.165) is 17.6 Å². The van der Waals surface area contributed by atoms with Crippen LogP contribution in [0.25, 0.3) is 0 Å². The van der Waals surface area contributed by atoms with Gasteiger partial charge in [-0.05, 0) is 36.8 Å². The van der Waals surface area contributed by atoms with Crippen molar-refractivity contribution in [1.29, 1.82) is 0 Å². The van der Waals surface area contributed by atoms with Crippen molar-refractivity contribution in [3.05, 3.63) is 28.8 Å². The Kier molecular flexibility index (Phi) is 3.37. The summed E-state index contributed by atoms with van der Waals surface area (Å²) in [5, 5.41) is 4.33. The van der Waals surface area contributed by atoms with Crippen LogP contribution in [0, 0.1) is 0 Å². The summed E-state index contributed by atoms with van der Waals surface area (Å²) in [6.45, 7) is 0.970. The van der Waals surface area contributed by atoms with E-state index in [1.165, 1.54) is 23.3 Å². The maximum atomic E-state index is 5.94. The molecule has 1 aliphatic rings. The molecule has 0 unspecified atom stereocenters. The highest BCUT2D eigenvalue weighted by Crippen LogP contribution is 2.25. The minimum absolute atomic E-state index is 0.764. The number of rotatable bonds is 4. The van der Waals surface area contributed by atoms with E-state index in [2.05, 4.69) is 17.6 Å². The number of benzene rings is 1. The molecule has 1 aromatic carbocycles. The van der Waals surface area contributed by atoms with Gasteiger partial charge in [0.25, 0.3) is 0 Å². The second-order valence-corrected chi connectivity index (χ2v) is 4.90. The van der Waals surface area contributed by atoms with Gasteiger partial charge in [0.1, 0.15) is 0 Å². The SMILES string of the molecule is CSc1cc(Cl)ccc1CNC1CC1. The van der Waals surface area contributed by atoms with Crippen molar-refractivity contribution in [1.82, 2.24) is 5.32 Å². The van der Waals surface area contributed by atoms with Crippen molar-refractivity contribution in [3.8, 4) is 0 Å². The summed E-state index contributed by atoms with van der Waals surface area (Å²) in [7, 11) is 0. The maximum Gasteiger partial charge on any atom is 0.0417 e. The Balaban J connectivity index is 2.05. The second kappa shape index (κ2) is 4.56. The van der Waals surface area contributed by atoms with Gasteiger partial charge in [0.05, 0.1) is 0 Å². The van der Waals surface area contributed by atoms with Gasteiger partial charge in [-0.25, -0.2) is 0 Å². The zero-order valence-corrected chi connectivity index (χ0v) is 9.79. The quantitative estimate of drug-likeness (QED) is 0.793. The first-order valence-electron chi connectivity index (χ1n) is 4.85. The van der Waals surface area contributed by atoms with Crippen LogP contribution in [0.3, 0.4) is 0 Å². The second-order valence-electron chi connectivity index (χ2n) is 3.61. The third-order valence-corrected chi connectivity index (χ3v) is 3.46. The van der Waals surface area contributed by atoms with Gasteiger partial charge in [-0.3, -0.25) is 0 Å². The van der Waals surface area contributed by atoms with Crippen LogP contribution in [0.5, 0.6) is 0 Å². The molecule has 1 aromatic rings. The molecular weight excluding hydrogens is 214 g/mol. The summed E-state index contributed by atoms with van der Waals surface area (Å²) in [6.07, 6.45) is 4.76. The summed E-state index contributed by atoms with van der Waals surface area (Å²) in [6, 6.07) is 6.88. The topological polar surface area (TPSA) is 12.0 Å². The molecule has 1 aliphatic carbocycles. The van der Waals surface area contributed by atoms with Crippen molar-refractivity contribution >= 4 is 23.4 Å². The Labute approximate surface area is 94.2 Å². The Morgan fingerprint density at radius 2 is 2.29 bits per heavy atom. The van der Waals surface area contributed by atoms with Crippen LogP contribution < -0.4 is 5.32 Å². The normalized spacial score (nSPS) is 15.9. The lowest BCUT2D eigenvalue weighted by molar-refractivity contribution is 0.680. The predicted octanol–water partition coefficient (Wildman–Crippen LogP) is 3.31. The van der Waals surface area contributed by atoms with Crippen LogP contribution in [0.2, 0.25) is 5.02 Å². The van der Waals surface area contributed by atoms with Gasteiger partial charge in [-0.1, -0.05) is 17.7 Å². The van der Waals surface area contributed by atoms with Crippen LogP contribution >= 0.6 is 23.4 Å². The fourth-order valence-electron chi connectivity index (χ4n) is 1.41. The zero-order chi connectivity index (χ0) is 9.97. The van der Waals surface area contributed by atoms with Crippen LogP contribution in [0.4, 0.5) is 0 Å². The monoisotopic (exact) mass is 227 g/mol. The smallest absolute Gasteiger partial charge is 0.0417 e. The third-order valence-electron chi connectivity index (χ3n) is 2.41. The molecule has 1 saturated carbocycles. The van der Waals surface area contributed by atoms with Crippen LogP contribution in [0.1, 0.15) is 18.4 Å². The lowest BCUT2D eigenvalue weighted by Gasteiger charge is -2.08. The van der Waals surface area contributed by atoms with Crippen LogP contribution in [0.15, 0.2) is 23.1 Å². The van der Waals surface area contributed by atoms with Crippen molar-refractivity contribution < 1.29 is 0 Å². The molecule has 0 bridgehead atoms. The number of hydrogen-bond donors (Lipinski definition) is 1. The predicted molar refractivity (Wildman–Crippen MR) is 63.1 cm³/mol. The average Bonchev–Trinajstić information content (AvgIpc) is 2.99. The molecule has 0 heterocycles.